The number of aryl methyl sites for hydroxylation is 1. The lowest BCUT2D eigenvalue weighted by atomic mass is 9.96. The first kappa shape index (κ1) is 12.7. The molecule has 1 nitrogen and oxygen atoms in total. The van der Waals surface area contributed by atoms with Gasteiger partial charge in [-0.05, 0) is 36.1 Å². The molecule has 2 rings (SSSR count). The van der Waals surface area contributed by atoms with Crippen molar-refractivity contribution in [2.24, 2.45) is 0 Å². The SMILES string of the molecule is COc1ccc(C(C)C)cc1-c1cccc(C)c1. The van der Waals surface area contributed by atoms with Crippen molar-refractivity contribution < 1.29 is 4.74 Å². The molecule has 0 fully saturated rings. The standard InChI is InChI=1S/C17H20O/c1-12(2)14-8-9-17(18-4)16(11-14)15-7-5-6-13(3)10-15/h5-12H,1-4H3. The lowest BCUT2D eigenvalue weighted by Crippen LogP contribution is -1.93. The van der Waals surface area contributed by atoms with Crippen LogP contribution in [0.2, 0.25) is 0 Å². The highest BCUT2D eigenvalue weighted by Gasteiger charge is 2.08. The van der Waals surface area contributed by atoms with Crippen LogP contribution in [0.25, 0.3) is 11.1 Å². The molecule has 0 radical (unpaired) electrons. The second-order valence-electron chi connectivity index (χ2n) is 4.98. The summed E-state index contributed by atoms with van der Waals surface area (Å²) in [6, 6.07) is 15.0. The lowest BCUT2D eigenvalue weighted by molar-refractivity contribution is 0.416. The summed E-state index contributed by atoms with van der Waals surface area (Å²) in [4.78, 5) is 0. The van der Waals surface area contributed by atoms with Crippen molar-refractivity contribution in [3.05, 3.63) is 53.6 Å². The Kier molecular flexibility index (Phi) is 3.71. The molecule has 2 aromatic carbocycles. The summed E-state index contributed by atoms with van der Waals surface area (Å²) >= 11 is 0. The van der Waals surface area contributed by atoms with Crippen molar-refractivity contribution in [2.45, 2.75) is 26.7 Å². The van der Waals surface area contributed by atoms with Crippen LogP contribution in [0.15, 0.2) is 42.5 Å². The average molecular weight is 240 g/mol. The van der Waals surface area contributed by atoms with Crippen LogP contribution in [0.3, 0.4) is 0 Å². The molecule has 0 amide bonds. The first-order valence-electron chi connectivity index (χ1n) is 6.37. The second kappa shape index (κ2) is 5.26. The monoisotopic (exact) mass is 240 g/mol. The van der Waals surface area contributed by atoms with Crippen LogP contribution in [0, 0.1) is 6.92 Å². The summed E-state index contributed by atoms with van der Waals surface area (Å²) in [5.41, 5.74) is 5.00. The van der Waals surface area contributed by atoms with Gasteiger partial charge in [0.05, 0.1) is 7.11 Å². The van der Waals surface area contributed by atoms with Gasteiger partial charge in [-0.3, -0.25) is 0 Å². The van der Waals surface area contributed by atoms with Crippen molar-refractivity contribution >= 4 is 0 Å². The molecule has 0 saturated carbocycles. The van der Waals surface area contributed by atoms with Crippen molar-refractivity contribution in [3.63, 3.8) is 0 Å². The van der Waals surface area contributed by atoms with Crippen LogP contribution in [-0.2, 0) is 0 Å². The zero-order chi connectivity index (χ0) is 13.1. The number of benzene rings is 2. The predicted molar refractivity (Wildman–Crippen MR) is 77.3 cm³/mol. The summed E-state index contributed by atoms with van der Waals surface area (Å²) < 4.78 is 5.47. The first-order chi connectivity index (χ1) is 8.61. The molecule has 1 heteroatoms. The lowest BCUT2D eigenvalue weighted by Gasteiger charge is -2.13. The number of ether oxygens (including phenoxy) is 1. The highest BCUT2D eigenvalue weighted by Crippen LogP contribution is 2.33. The van der Waals surface area contributed by atoms with Crippen LogP contribution in [0.1, 0.15) is 30.9 Å². The van der Waals surface area contributed by atoms with Gasteiger partial charge in [0.1, 0.15) is 5.75 Å². The minimum Gasteiger partial charge on any atom is -0.496 e. The molecule has 0 aliphatic rings. The normalized spacial score (nSPS) is 10.7. The summed E-state index contributed by atoms with van der Waals surface area (Å²) in [6.45, 7) is 6.53. The van der Waals surface area contributed by atoms with E-state index in [2.05, 4.69) is 63.2 Å². The Morgan fingerprint density at radius 2 is 1.78 bits per heavy atom. The third-order valence-electron chi connectivity index (χ3n) is 3.22. The van der Waals surface area contributed by atoms with Gasteiger partial charge in [-0.25, -0.2) is 0 Å². The van der Waals surface area contributed by atoms with E-state index in [0.717, 1.165) is 5.75 Å². The molecular formula is C17H20O. The van der Waals surface area contributed by atoms with Crippen LogP contribution in [0.5, 0.6) is 5.75 Å². The van der Waals surface area contributed by atoms with Gasteiger partial charge in [-0.1, -0.05) is 49.7 Å². The van der Waals surface area contributed by atoms with Crippen LogP contribution in [-0.4, -0.2) is 7.11 Å². The maximum atomic E-state index is 5.47. The molecule has 0 saturated heterocycles. The van der Waals surface area contributed by atoms with E-state index in [0.29, 0.717) is 5.92 Å². The van der Waals surface area contributed by atoms with Gasteiger partial charge in [0.2, 0.25) is 0 Å². The van der Waals surface area contributed by atoms with Gasteiger partial charge in [0.15, 0.2) is 0 Å². The molecule has 94 valence electrons. The Balaban J connectivity index is 2.56. The second-order valence-corrected chi connectivity index (χ2v) is 4.98. The van der Waals surface area contributed by atoms with Crippen molar-refractivity contribution in [1.82, 2.24) is 0 Å². The van der Waals surface area contributed by atoms with E-state index in [1.807, 2.05) is 0 Å². The van der Waals surface area contributed by atoms with Gasteiger partial charge in [-0.15, -0.1) is 0 Å². The van der Waals surface area contributed by atoms with Gasteiger partial charge < -0.3 is 4.74 Å². The van der Waals surface area contributed by atoms with Gasteiger partial charge in [0, 0.05) is 5.56 Å². The summed E-state index contributed by atoms with van der Waals surface area (Å²) in [7, 11) is 1.73. The van der Waals surface area contributed by atoms with Crippen LogP contribution in [0.4, 0.5) is 0 Å². The predicted octanol–water partition coefficient (Wildman–Crippen LogP) is 4.79. The number of rotatable bonds is 3. The molecule has 0 bridgehead atoms. The molecule has 0 unspecified atom stereocenters. The number of hydrogen-bond donors (Lipinski definition) is 0. The summed E-state index contributed by atoms with van der Waals surface area (Å²) in [5, 5.41) is 0. The van der Waals surface area contributed by atoms with E-state index < -0.39 is 0 Å². The zero-order valence-electron chi connectivity index (χ0n) is 11.5. The quantitative estimate of drug-likeness (QED) is 0.749. The number of methoxy groups -OCH3 is 1. The van der Waals surface area contributed by atoms with Gasteiger partial charge in [0.25, 0.3) is 0 Å². The molecule has 2 aromatic rings. The Morgan fingerprint density at radius 3 is 2.39 bits per heavy atom. The molecule has 0 atom stereocenters. The third kappa shape index (κ3) is 2.56. The molecule has 0 aliphatic heterocycles. The minimum atomic E-state index is 0.527. The van der Waals surface area contributed by atoms with Gasteiger partial charge >= 0.3 is 0 Å². The van der Waals surface area contributed by atoms with E-state index in [1.54, 1.807) is 7.11 Å². The molecule has 0 aliphatic carbocycles. The average Bonchev–Trinajstić information content (AvgIpc) is 2.38. The molecule has 0 N–H and O–H groups in total. The summed E-state index contributed by atoms with van der Waals surface area (Å²) in [5.74, 6) is 1.46. The fourth-order valence-corrected chi connectivity index (χ4v) is 2.12. The maximum absolute atomic E-state index is 5.47. The fourth-order valence-electron chi connectivity index (χ4n) is 2.12. The topological polar surface area (TPSA) is 9.23 Å². The van der Waals surface area contributed by atoms with Crippen LogP contribution < -0.4 is 4.74 Å². The molecule has 0 aromatic heterocycles. The van der Waals surface area contributed by atoms with Crippen molar-refractivity contribution in [1.29, 1.82) is 0 Å². The molecule has 0 heterocycles. The first-order valence-corrected chi connectivity index (χ1v) is 6.37. The van der Waals surface area contributed by atoms with E-state index in [9.17, 15) is 0 Å². The third-order valence-corrected chi connectivity index (χ3v) is 3.22. The van der Waals surface area contributed by atoms with Crippen LogP contribution >= 0.6 is 0 Å². The minimum absolute atomic E-state index is 0.527. The molecule has 0 spiro atoms. The molecule has 18 heavy (non-hydrogen) atoms. The van der Waals surface area contributed by atoms with E-state index >= 15 is 0 Å². The Labute approximate surface area is 109 Å². The Morgan fingerprint density at radius 1 is 1.00 bits per heavy atom. The van der Waals surface area contributed by atoms with Crippen molar-refractivity contribution in [2.75, 3.05) is 7.11 Å². The van der Waals surface area contributed by atoms with Gasteiger partial charge in [-0.2, -0.15) is 0 Å². The van der Waals surface area contributed by atoms with E-state index in [4.69, 9.17) is 4.74 Å². The Bertz CT molecular complexity index is 541. The summed E-state index contributed by atoms with van der Waals surface area (Å²) in [6.07, 6.45) is 0. The maximum Gasteiger partial charge on any atom is 0.126 e. The zero-order valence-corrected chi connectivity index (χ0v) is 11.5. The van der Waals surface area contributed by atoms with Crippen molar-refractivity contribution in [3.8, 4) is 16.9 Å². The largest absolute Gasteiger partial charge is 0.496 e. The highest BCUT2D eigenvalue weighted by molar-refractivity contribution is 5.71. The smallest absolute Gasteiger partial charge is 0.126 e. The Hall–Kier alpha value is -1.76. The van der Waals surface area contributed by atoms with E-state index in [-0.39, 0.29) is 0 Å². The number of hydrogen-bond acceptors (Lipinski definition) is 1. The fraction of sp³-hybridized carbons (Fsp3) is 0.294. The highest BCUT2D eigenvalue weighted by atomic mass is 16.5. The molecular weight excluding hydrogens is 220 g/mol. The van der Waals surface area contributed by atoms with E-state index in [1.165, 1.54) is 22.3 Å².